The van der Waals surface area contributed by atoms with E-state index in [1.165, 1.54) is 0 Å². The van der Waals surface area contributed by atoms with E-state index in [0.717, 1.165) is 73.1 Å². The smallest absolute Gasteiger partial charge is 0.225 e. The lowest BCUT2D eigenvalue weighted by atomic mass is 9.94. The lowest BCUT2D eigenvalue weighted by Crippen LogP contribution is -2.51. The van der Waals surface area contributed by atoms with Crippen molar-refractivity contribution in [1.82, 2.24) is 24.6 Å². The van der Waals surface area contributed by atoms with Crippen molar-refractivity contribution in [3.63, 3.8) is 0 Å². The molecule has 1 saturated carbocycles. The molecule has 2 aliphatic rings. The number of hydrogen-bond donors (Lipinski definition) is 2. The van der Waals surface area contributed by atoms with E-state index in [1.807, 2.05) is 29.4 Å². The predicted molar refractivity (Wildman–Crippen MR) is 110 cm³/mol. The third kappa shape index (κ3) is 3.34. The molecule has 0 bridgehead atoms. The molecule has 0 radical (unpaired) electrons. The van der Waals surface area contributed by atoms with Crippen molar-refractivity contribution >= 4 is 37.6 Å². The number of piperazine rings is 1. The van der Waals surface area contributed by atoms with Crippen LogP contribution in [0.25, 0.3) is 21.9 Å². The van der Waals surface area contributed by atoms with Gasteiger partial charge in [0.05, 0.1) is 11.7 Å². The fourth-order valence-corrected chi connectivity index (χ4v) is 5.63. The highest BCUT2D eigenvalue weighted by Gasteiger charge is 2.27. The Morgan fingerprint density at radius 3 is 2.71 bits per heavy atom. The first-order chi connectivity index (χ1) is 13.6. The number of pyridine rings is 2. The lowest BCUT2D eigenvalue weighted by molar-refractivity contribution is 0.290. The summed E-state index contributed by atoms with van der Waals surface area (Å²) >= 11 is 0. The Kier molecular flexibility index (Phi) is 4.45. The van der Waals surface area contributed by atoms with Gasteiger partial charge in [-0.2, -0.15) is 0 Å². The summed E-state index contributed by atoms with van der Waals surface area (Å²) in [6.07, 6.45) is 8.56. The monoisotopic (exact) mass is 400 g/mol. The summed E-state index contributed by atoms with van der Waals surface area (Å²) in [4.78, 5) is 16.4. The molecule has 0 spiro atoms. The standard InChI is InChI=1S/C19H24N6O2S/c26-28(27,23-14-2-1-3-14)13-24-8-10-25(11-9-24)17-5-7-20-16-12-22-19-15(18(16)17)4-6-21-19/h4-7,12,14,23H,1-3,8-11,13H2,(H,21,22). The first kappa shape index (κ1) is 17.8. The minimum atomic E-state index is -3.24. The summed E-state index contributed by atoms with van der Waals surface area (Å²) in [5.41, 5.74) is 2.86. The van der Waals surface area contributed by atoms with E-state index in [2.05, 4.69) is 24.6 Å². The Morgan fingerprint density at radius 1 is 1.14 bits per heavy atom. The van der Waals surface area contributed by atoms with E-state index in [4.69, 9.17) is 0 Å². The van der Waals surface area contributed by atoms with Gasteiger partial charge < -0.3 is 9.88 Å². The normalized spacial score (nSPS) is 19.4. The zero-order valence-corrected chi connectivity index (χ0v) is 16.5. The van der Waals surface area contributed by atoms with Gasteiger partial charge in [-0.25, -0.2) is 18.1 Å². The maximum atomic E-state index is 12.4. The number of rotatable bonds is 5. The molecule has 0 amide bonds. The van der Waals surface area contributed by atoms with Crippen LogP contribution in [0.4, 0.5) is 5.69 Å². The number of aromatic nitrogens is 3. The summed E-state index contributed by atoms with van der Waals surface area (Å²) in [6, 6.07) is 4.22. The molecule has 1 aliphatic heterocycles. The van der Waals surface area contributed by atoms with Crippen LogP contribution in [0.15, 0.2) is 30.7 Å². The second kappa shape index (κ2) is 6.98. The molecule has 8 nitrogen and oxygen atoms in total. The van der Waals surface area contributed by atoms with Gasteiger partial charge in [-0.1, -0.05) is 6.42 Å². The van der Waals surface area contributed by atoms with Gasteiger partial charge in [0.1, 0.15) is 11.5 Å². The molecular formula is C19H24N6O2S. The van der Waals surface area contributed by atoms with E-state index in [9.17, 15) is 8.42 Å². The van der Waals surface area contributed by atoms with Crippen molar-refractivity contribution in [3.05, 3.63) is 30.7 Å². The van der Waals surface area contributed by atoms with Crippen molar-refractivity contribution in [1.29, 1.82) is 0 Å². The summed E-state index contributed by atoms with van der Waals surface area (Å²) in [5, 5.41) is 2.16. The Labute approximate surface area is 164 Å². The zero-order chi connectivity index (χ0) is 19.1. The molecule has 2 fully saturated rings. The number of sulfonamides is 1. The summed E-state index contributed by atoms with van der Waals surface area (Å²) in [7, 11) is -3.24. The predicted octanol–water partition coefficient (Wildman–Crippen LogP) is 1.66. The summed E-state index contributed by atoms with van der Waals surface area (Å²) < 4.78 is 27.5. The zero-order valence-electron chi connectivity index (χ0n) is 15.6. The first-order valence-corrected chi connectivity index (χ1v) is 11.4. The van der Waals surface area contributed by atoms with Gasteiger partial charge in [0, 0.05) is 61.1 Å². The highest BCUT2D eigenvalue weighted by Crippen LogP contribution is 2.31. The number of anilines is 1. The SMILES string of the molecule is O=S(=O)(CN1CCN(c2ccnc3cnc4[nH]ccc4c23)CC1)NC1CCC1. The van der Waals surface area contributed by atoms with Crippen molar-refractivity contribution in [2.45, 2.75) is 25.3 Å². The minimum absolute atomic E-state index is 0.0837. The Balaban J connectivity index is 1.32. The lowest BCUT2D eigenvalue weighted by Gasteiger charge is -2.36. The van der Waals surface area contributed by atoms with Crippen LogP contribution in [0.2, 0.25) is 0 Å². The molecule has 4 heterocycles. The second-order valence-electron chi connectivity index (χ2n) is 7.68. The first-order valence-electron chi connectivity index (χ1n) is 9.77. The van der Waals surface area contributed by atoms with Gasteiger partial charge in [-0.3, -0.25) is 9.88 Å². The number of aromatic amines is 1. The fourth-order valence-electron chi connectivity index (χ4n) is 4.08. The molecule has 3 aromatic rings. The Bertz CT molecular complexity index is 1100. The van der Waals surface area contributed by atoms with Crippen molar-refractivity contribution in [3.8, 4) is 0 Å². The number of nitrogens with one attached hydrogen (secondary N) is 2. The average Bonchev–Trinajstić information content (AvgIpc) is 3.14. The van der Waals surface area contributed by atoms with Crippen molar-refractivity contribution in [2.75, 3.05) is 37.0 Å². The summed E-state index contributed by atoms with van der Waals surface area (Å²) in [5.74, 6) is 0.0837. The number of H-pyrrole nitrogens is 1. The van der Waals surface area contributed by atoms with Gasteiger partial charge in [0.25, 0.3) is 0 Å². The fraction of sp³-hybridized carbons (Fsp3) is 0.474. The van der Waals surface area contributed by atoms with Gasteiger partial charge in [-0.05, 0) is 25.0 Å². The minimum Gasteiger partial charge on any atom is -0.368 e. The molecule has 0 unspecified atom stereocenters. The number of nitrogens with zero attached hydrogens (tertiary/aromatic N) is 4. The molecule has 0 atom stereocenters. The third-order valence-corrected chi connectivity index (χ3v) is 7.18. The summed E-state index contributed by atoms with van der Waals surface area (Å²) in [6.45, 7) is 3.01. The third-order valence-electron chi connectivity index (χ3n) is 5.79. The van der Waals surface area contributed by atoms with Gasteiger partial charge in [0.2, 0.25) is 10.0 Å². The molecule has 2 N–H and O–H groups in total. The van der Waals surface area contributed by atoms with Crippen LogP contribution in [0, 0.1) is 0 Å². The Morgan fingerprint density at radius 2 is 1.96 bits per heavy atom. The molecule has 9 heteroatoms. The van der Waals surface area contributed by atoms with Crippen LogP contribution in [-0.2, 0) is 10.0 Å². The van der Waals surface area contributed by atoms with Gasteiger partial charge >= 0.3 is 0 Å². The van der Waals surface area contributed by atoms with Crippen molar-refractivity contribution < 1.29 is 8.42 Å². The van der Waals surface area contributed by atoms with Gasteiger partial charge in [-0.15, -0.1) is 0 Å². The van der Waals surface area contributed by atoms with E-state index in [0.29, 0.717) is 0 Å². The van der Waals surface area contributed by atoms with E-state index in [1.54, 1.807) is 6.20 Å². The molecule has 1 aliphatic carbocycles. The molecule has 5 rings (SSSR count). The molecular weight excluding hydrogens is 376 g/mol. The van der Waals surface area contributed by atoms with E-state index in [-0.39, 0.29) is 11.9 Å². The van der Waals surface area contributed by atoms with Crippen LogP contribution in [0.5, 0.6) is 0 Å². The van der Waals surface area contributed by atoms with Crippen LogP contribution < -0.4 is 9.62 Å². The van der Waals surface area contributed by atoms with Crippen LogP contribution in [-0.4, -0.2) is 66.4 Å². The molecule has 28 heavy (non-hydrogen) atoms. The Hall–Kier alpha value is -2.23. The molecule has 1 saturated heterocycles. The number of fused-ring (bicyclic) bond motifs is 3. The van der Waals surface area contributed by atoms with Crippen LogP contribution >= 0.6 is 0 Å². The van der Waals surface area contributed by atoms with Crippen LogP contribution in [0.3, 0.4) is 0 Å². The van der Waals surface area contributed by atoms with E-state index < -0.39 is 10.0 Å². The maximum Gasteiger partial charge on any atom is 0.225 e. The molecule has 148 valence electrons. The quantitative estimate of drug-likeness (QED) is 0.677. The second-order valence-corrected chi connectivity index (χ2v) is 9.41. The molecule has 0 aromatic carbocycles. The van der Waals surface area contributed by atoms with Crippen molar-refractivity contribution in [2.24, 2.45) is 0 Å². The largest absolute Gasteiger partial charge is 0.368 e. The molecule has 3 aromatic heterocycles. The van der Waals surface area contributed by atoms with Crippen LogP contribution in [0.1, 0.15) is 19.3 Å². The van der Waals surface area contributed by atoms with E-state index >= 15 is 0 Å². The highest BCUT2D eigenvalue weighted by atomic mass is 32.2. The highest BCUT2D eigenvalue weighted by molar-refractivity contribution is 7.89. The average molecular weight is 401 g/mol. The maximum absolute atomic E-state index is 12.4. The van der Waals surface area contributed by atoms with Gasteiger partial charge in [0.15, 0.2) is 0 Å². The number of hydrogen-bond acceptors (Lipinski definition) is 6. The topological polar surface area (TPSA) is 94.2 Å².